The standard InChI is InChI=1S/C13H23N3O/c1-3-10-5-7-11(8-6-10)13-15-12(17-16-13)9-14-4-2/h10-11,14H,3-9H2,1-2H3. The Morgan fingerprint density at radius 3 is 2.65 bits per heavy atom. The van der Waals surface area contributed by atoms with Crippen LogP contribution in [0.1, 0.15) is 63.6 Å². The quantitative estimate of drug-likeness (QED) is 0.855. The first-order valence-corrected chi connectivity index (χ1v) is 6.86. The molecule has 0 bridgehead atoms. The van der Waals surface area contributed by atoms with Gasteiger partial charge in [0.1, 0.15) is 0 Å². The lowest BCUT2D eigenvalue weighted by Crippen LogP contribution is -2.14. The summed E-state index contributed by atoms with van der Waals surface area (Å²) in [6, 6.07) is 0. The van der Waals surface area contributed by atoms with E-state index in [9.17, 15) is 0 Å². The van der Waals surface area contributed by atoms with Gasteiger partial charge in [-0.3, -0.25) is 0 Å². The Hall–Kier alpha value is -0.900. The monoisotopic (exact) mass is 237 g/mol. The van der Waals surface area contributed by atoms with Gasteiger partial charge in [-0.05, 0) is 38.1 Å². The number of aromatic nitrogens is 2. The van der Waals surface area contributed by atoms with Gasteiger partial charge in [0.15, 0.2) is 5.82 Å². The fourth-order valence-corrected chi connectivity index (χ4v) is 2.57. The molecule has 0 saturated heterocycles. The average Bonchev–Trinajstić information content (AvgIpc) is 2.85. The van der Waals surface area contributed by atoms with Crippen molar-refractivity contribution in [2.75, 3.05) is 6.54 Å². The smallest absolute Gasteiger partial charge is 0.240 e. The van der Waals surface area contributed by atoms with Gasteiger partial charge in [0.2, 0.25) is 5.89 Å². The van der Waals surface area contributed by atoms with Crippen LogP contribution in [0.4, 0.5) is 0 Å². The summed E-state index contributed by atoms with van der Waals surface area (Å²) in [5.41, 5.74) is 0. The molecule has 1 aliphatic rings. The summed E-state index contributed by atoms with van der Waals surface area (Å²) in [5.74, 6) is 3.09. The molecule has 0 aliphatic heterocycles. The number of nitrogens with zero attached hydrogens (tertiary/aromatic N) is 2. The Morgan fingerprint density at radius 2 is 2.00 bits per heavy atom. The average molecular weight is 237 g/mol. The van der Waals surface area contributed by atoms with E-state index in [-0.39, 0.29) is 0 Å². The van der Waals surface area contributed by atoms with Crippen LogP contribution in [0, 0.1) is 5.92 Å². The van der Waals surface area contributed by atoms with E-state index >= 15 is 0 Å². The highest BCUT2D eigenvalue weighted by Crippen LogP contribution is 2.35. The minimum absolute atomic E-state index is 0.525. The Kier molecular flexibility index (Phi) is 4.54. The van der Waals surface area contributed by atoms with Crippen LogP contribution < -0.4 is 5.32 Å². The summed E-state index contributed by atoms with van der Waals surface area (Å²) in [5, 5.41) is 7.32. The van der Waals surface area contributed by atoms with Crippen LogP contribution in [0.2, 0.25) is 0 Å². The van der Waals surface area contributed by atoms with E-state index < -0.39 is 0 Å². The van der Waals surface area contributed by atoms with Crippen molar-refractivity contribution in [3.8, 4) is 0 Å². The first kappa shape index (κ1) is 12.6. The summed E-state index contributed by atoms with van der Waals surface area (Å²) in [6.07, 6.45) is 6.39. The molecule has 0 amide bonds. The lowest BCUT2D eigenvalue weighted by Gasteiger charge is -2.25. The molecular formula is C13H23N3O. The maximum absolute atomic E-state index is 5.25. The third-order valence-corrected chi connectivity index (χ3v) is 3.80. The van der Waals surface area contributed by atoms with Gasteiger partial charge in [0.25, 0.3) is 0 Å². The second kappa shape index (κ2) is 6.15. The van der Waals surface area contributed by atoms with Crippen LogP contribution in [-0.2, 0) is 6.54 Å². The van der Waals surface area contributed by atoms with Crippen molar-refractivity contribution in [3.63, 3.8) is 0 Å². The molecule has 1 aromatic rings. The van der Waals surface area contributed by atoms with Crippen molar-refractivity contribution < 1.29 is 4.52 Å². The molecule has 1 N–H and O–H groups in total. The van der Waals surface area contributed by atoms with Gasteiger partial charge in [0.05, 0.1) is 6.54 Å². The van der Waals surface area contributed by atoms with E-state index in [1.54, 1.807) is 0 Å². The van der Waals surface area contributed by atoms with Gasteiger partial charge in [0, 0.05) is 5.92 Å². The zero-order valence-corrected chi connectivity index (χ0v) is 10.9. The topological polar surface area (TPSA) is 51.0 Å². The van der Waals surface area contributed by atoms with Gasteiger partial charge in [-0.15, -0.1) is 0 Å². The molecule has 17 heavy (non-hydrogen) atoms. The number of rotatable bonds is 5. The van der Waals surface area contributed by atoms with Gasteiger partial charge < -0.3 is 9.84 Å². The highest BCUT2D eigenvalue weighted by atomic mass is 16.5. The molecule has 1 aromatic heterocycles. The molecule has 0 radical (unpaired) electrons. The molecule has 1 fully saturated rings. The van der Waals surface area contributed by atoms with E-state index in [0.717, 1.165) is 24.2 Å². The first-order valence-electron chi connectivity index (χ1n) is 6.86. The van der Waals surface area contributed by atoms with Crippen molar-refractivity contribution >= 4 is 0 Å². The van der Waals surface area contributed by atoms with Gasteiger partial charge in [-0.1, -0.05) is 25.4 Å². The lowest BCUT2D eigenvalue weighted by molar-refractivity contribution is 0.302. The summed E-state index contributed by atoms with van der Waals surface area (Å²) >= 11 is 0. The maximum Gasteiger partial charge on any atom is 0.240 e. The Bertz CT molecular complexity index is 329. The summed E-state index contributed by atoms with van der Waals surface area (Å²) in [6.45, 7) is 5.98. The predicted octanol–water partition coefficient (Wildman–Crippen LogP) is 2.86. The minimum Gasteiger partial charge on any atom is -0.338 e. The minimum atomic E-state index is 0.525. The molecular weight excluding hydrogens is 214 g/mol. The summed E-state index contributed by atoms with van der Waals surface area (Å²) < 4.78 is 5.25. The molecule has 0 spiro atoms. The highest BCUT2D eigenvalue weighted by Gasteiger charge is 2.24. The fraction of sp³-hybridized carbons (Fsp3) is 0.846. The van der Waals surface area contributed by atoms with Crippen molar-refractivity contribution in [1.82, 2.24) is 15.5 Å². The SMILES string of the molecule is CCNCc1nc(C2CCC(CC)CC2)no1. The van der Waals surface area contributed by atoms with Crippen LogP contribution in [0.5, 0.6) is 0 Å². The normalized spacial score (nSPS) is 25.1. The number of nitrogens with one attached hydrogen (secondary N) is 1. The van der Waals surface area contributed by atoms with E-state index in [1.807, 2.05) is 0 Å². The Labute approximate surface area is 103 Å². The van der Waals surface area contributed by atoms with Gasteiger partial charge in [-0.25, -0.2) is 0 Å². The van der Waals surface area contributed by atoms with E-state index in [0.29, 0.717) is 12.5 Å². The molecule has 1 saturated carbocycles. The maximum atomic E-state index is 5.25. The molecule has 1 heterocycles. The summed E-state index contributed by atoms with van der Waals surface area (Å²) in [4.78, 5) is 4.48. The van der Waals surface area contributed by atoms with Crippen LogP contribution in [0.25, 0.3) is 0 Å². The van der Waals surface area contributed by atoms with Crippen molar-refractivity contribution in [2.45, 2.75) is 58.4 Å². The molecule has 1 aliphatic carbocycles. The largest absolute Gasteiger partial charge is 0.338 e. The zero-order chi connectivity index (χ0) is 12.1. The highest BCUT2D eigenvalue weighted by molar-refractivity contribution is 4.97. The van der Waals surface area contributed by atoms with Crippen molar-refractivity contribution in [2.24, 2.45) is 5.92 Å². The van der Waals surface area contributed by atoms with Gasteiger partial charge in [-0.2, -0.15) is 4.98 Å². The van der Waals surface area contributed by atoms with Crippen molar-refractivity contribution in [1.29, 1.82) is 0 Å². The lowest BCUT2D eigenvalue weighted by atomic mass is 9.80. The molecule has 96 valence electrons. The molecule has 0 unspecified atom stereocenters. The Morgan fingerprint density at radius 1 is 1.24 bits per heavy atom. The summed E-state index contributed by atoms with van der Waals surface area (Å²) in [7, 11) is 0. The van der Waals surface area contributed by atoms with E-state index in [2.05, 4.69) is 29.3 Å². The second-order valence-corrected chi connectivity index (χ2v) is 4.95. The van der Waals surface area contributed by atoms with Crippen LogP contribution in [-0.4, -0.2) is 16.7 Å². The predicted molar refractivity (Wildman–Crippen MR) is 66.7 cm³/mol. The number of hydrogen-bond donors (Lipinski definition) is 1. The van der Waals surface area contributed by atoms with Crippen LogP contribution in [0.3, 0.4) is 0 Å². The first-order chi connectivity index (χ1) is 8.33. The molecule has 0 atom stereocenters. The van der Waals surface area contributed by atoms with E-state index in [1.165, 1.54) is 32.1 Å². The van der Waals surface area contributed by atoms with Crippen LogP contribution >= 0.6 is 0 Å². The van der Waals surface area contributed by atoms with Gasteiger partial charge >= 0.3 is 0 Å². The third kappa shape index (κ3) is 3.28. The molecule has 2 rings (SSSR count). The number of hydrogen-bond acceptors (Lipinski definition) is 4. The van der Waals surface area contributed by atoms with E-state index in [4.69, 9.17) is 4.52 Å². The second-order valence-electron chi connectivity index (χ2n) is 4.95. The third-order valence-electron chi connectivity index (χ3n) is 3.80. The molecule has 4 nitrogen and oxygen atoms in total. The molecule has 4 heteroatoms. The Balaban J connectivity index is 1.87. The van der Waals surface area contributed by atoms with Crippen molar-refractivity contribution in [3.05, 3.63) is 11.7 Å². The van der Waals surface area contributed by atoms with Crippen LogP contribution in [0.15, 0.2) is 4.52 Å². The zero-order valence-electron chi connectivity index (χ0n) is 10.9. The molecule has 0 aromatic carbocycles. The fourth-order valence-electron chi connectivity index (χ4n) is 2.57.